The Morgan fingerprint density at radius 1 is 1.29 bits per heavy atom. The normalized spacial score (nSPS) is 41.4. The lowest BCUT2D eigenvalue weighted by molar-refractivity contribution is -0.162. The van der Waals surface area contributed by atoms with E-state index in [0.29, 0.717) is 5.57 Å². The number of carbonyl (C=O) groups excluding carboxylic acids is 2. The summed E-state index contributed by atoms with van der Waals surface area (Å²) in [5.41, 5.74) is 1.34. The molecule has 0 aromatic heterocycles. The van der Waals surface area contributed by atoms with Gasteiger partial charge in [-0.05, 0) is 64.7 Å². The highest BCUT2D eigenvalue weighted by Gasteiger charge is 2.52. The van der Waals surface area contributed by atoms with Crippen LogP contribution in [-0.2, 0) is 23.8 Å². The van der Waals surface area contributed by atoms with Gasteiger partial charge in [0.1, 0.15) is 12.7 Å². The van der Waals surface area contributed by atoms with Gasteiger partial charge in [0, 0.05) is 17.9 Å². The van der Waals surface area contributed by atoms with Crippen molar-refractivity contribution in [3.05, 3.63) is 23.8 Å². The summed E-state index contributed by atoms with van der Waals surface area (Å²) in [6.07, 6.45) is 8.14. The summed E-state index contributed by atoms with van der Waals surface area (Å²) in [6.45, 7) is 12.1. The lowest BCUT2D eigenvalue weighted by Crippen LogP contribution is -2.42. The minimum atomic E-state index is -0.404. The van der Waals surface area contributed by atoms with Gasteiger partial charge in [0.2, 0.25) is 0 Å². The molecule has 5 unspecified atom stereocenters. The third kappa shape index (κ3) is 4.68. The summed E-state index contributed by atoms with van der Waals surface area (Å²) in [4.78, 5) is 24.3. The first-order valence-electron chi connectivity index (χ1n) is 10.5. The quantitative estimate of drug-likeness (QED) is 0.285. The number of epoxide rings is 1. The van der Waals surface area contributed by atoms with Crippen LogP contribution in [0.2, 0.25) is 0 Å². The van der Waals surface area contributed by atoms with Crippen LogP contribution in [0, 0.1) is 11.3 Å². The van der Waals surface area contributed by atoms with Gasteiger partial charge in [-0.2, -0.15) is 0 Å². The minimum Gasteiger partial charge on any atom is -0.462 e. The van der Waals surface area contributed by atoms with Crippen LogP contribution in [0.1, 0.15) is 72.6 Å². The summed E-state index contributed by atoms with van der Waals surface area (Å²) in [6, 6.07) is 0. The molecule has 2 aliphatic heterocycles. The Bertz CT molecular complexity index is 680. The average molecular weight is 391 g/mol. The Hall–Kier alpha value is -1.62. The van der Waals surface area contributed by atoms with E-state index in [1.54, 1.807) is 0 Å². The largest absolute Gasteiger partial charge is 0.462 e. The molecule has 2 bridgehead atoms. The maximum Gasteiger partial charge on any atom is 0.333 e. The summed E-state index contributed by atoms with van der Waals surface area (Å²) in [7, 11) is 0. The highest BCUT2D eigenvalue weighted by Crippen LogP contribution is 2.47. The van der Waals surface area contributed by atoms with Crippen LogP contribution in [-0.4, -0.2) is 36.4 Å². The number of cyclic esters (lactones) is 1. The molecule has 2 saturated heterocycles. The second kappa shape index (κ2) is 8.02. The molecule has 0 amide bonds. The van der Waals surface area contributed by atoms with E-state index < -0.39 is 5.41 Å². The van der Waals surface area contributed by atoms with Crippen molar-refractivity contribution >= 4 is 11.9 Å². The third-order valence-electron chi connectivity index (χ3n) is 6.91. The molecule has 3 aliphatic rings. The predicted molar refractivity (Wildman–Crippen MR) is 107 cm³/mol. The van der Waals surface area contributed by atoms with Crippen LogP contribution in [0.25, 0.3) is 0 Å². The Kier molecular flexibility index (Phi) is 6.04. The number of hydrogen-bond acceptors (Lipinski definition) is 5. The first kappa shape index (κ1) is 21.1. The molecule has 0 N–H and O–H groups in total. The molecule has 0 aromatic carbocycles. The summed E-state index contributed by atoms with van der Waals surface area (Å²) in [5, 5.41) is 0. The van der Waals surface area contributed by atoms with Gasteiger partial charge < -0.3 is 14.2 Å². The van der Waals surface area contributed by atoms with E-state index >= 15 is 0 Å². The van der Waals surface area contributed by atoms with Crippen molar-refractivity contribution in [1.29, 1.82) is 0 Å². The van der Waals surface area contributed by atoms with Gasteiger partial charge in [-0.3, -0.25) is 4.79 Å². The van der Waals surface area contributed by atoms with Crippen LogP contribution in [0.4, 0.5) is 0 Å². The van der Waals surface area contributed by atoms with Crippen LogP contribution in [0.3, 0.4) is 0 Å². The van der Waals surface area contributed by atoms with Crippen molar-refractivity contribution in [2.75, 3.05) is 6.61 Å². The zero-order valence-electron chi connectivity index (χ0n) is 17.7. The van der Waals surface area contributed by atoms with Gasteiger partial charge >= 0.3 is 11.9 Å². The lowest BCUT2D eigenvalue weighted by atomic mass is 9.73. The molecule has 0 radical (unpaired) electrons. The van der Waals surface area contributed by atoms with Gasteiger partial charge in [0.15, 0.2) is 0 Å². The van der Waals surface area contributed by atoms with Gasteiger partial charge in [-0.1, -0.05) is 25.2 Å². The zero-order valence-corrected chi connectivity index (χ0v) is 17.7. The van der Waals surface area contributed by atoms with E-state index in [1.165, 1.54) is 12.5 Å². The van der Waals surface area contributed by atoms with Crippen LogP contribution in [0.15, 0.2) is 23.8 Å². The van der Waals surface area contributed by atoms with Crippen LogP contribution >= 0.6 is 0 Å². The lowest BCUT2D eigenvalue weighted by Gasteiger charge is -2.39. The van der Waals surface area contributed by atoms with Gasteiger partial charge in [-0.25, -0.2) is 4.79 Å². The van der Waals surface area contributed by atoms with Crippen molar-refractivity contribution in [2.45, 2.75) is 90.4 Å². The minimum absolute atomic E-state index is 0.0390. The molecule has 5 nitrogen and oxygen atoms in total. The fourth-order valence-corrected chi connectivity index (χ4v) is 4.64. The first-order valence-corrected chi connectivity index (χ1v) is 10.5. The molecule has 2 heterocycles. The fraction of sp³-hybridized carbons (Fsp3) is 0.739. The van der Waals surface area contributed by atoms with Crippen molar-refractivity contribution in [2.24, 2.45) is 11.3 Å². The van der Waals surface area contributed by atoms with Crippen LogP contribution in [0.5, 0.6) is 0 Å². The molecule has 0 spiro atoms. The topological polar surface area (TPSA) is 65.1 Å². The molecular formula is C23H34O5. The molecule has 2 fully saturated rings. The second-order valence-corrected chi connectivity index (χ2v) is 9.37. The molecule has 3 rings (SSSR count). The number of rotatable bonds is 1. The highest BCUT2D eigenvalue weighted by molar-refractivity contribution is 5.88. The zero-order chi connectivity index (χ0) is 20.5. The van der Waals surface area contributed by atoms with Crippen molar-refractivity contribution in [3.8, 4) is 0 Å². The maximum atomic E-state index is 12.5. The smallest absolute Gasteiger partial charge is 0.333 e. The molecule has 1 aliphatic carbocycles. The number of hydrogen-bond donors (Lipinski definition) is 0. The molecule has 28 heavy (non-hydrogen) atoms. The number of carbonyl (C=O) groups is 2. The second-order valence-electron chi connectivity index (χ2n) is 9.37. The predicted octanol–water partition coefficient (Wildman–Crippen LogP) is 4.50. The molecule has 0 aromatic rings. The van der Waals surface area contributed by atoms with Crippen molar-refractivity contribution in [3.63, 3.8) is 0 Å². The first-order chi connectivity index (χ1) is 13.1. The molecule has 5 heteroatoms. The average Bonchev–Trinajstić information content (AvgIpc) is 3.27. The van der Waals surface area contributed by atoms with Crippen molar-refractivity contribution < 1.29 is 23.8 Å². The Morgan fingerprint density at radius 2 is 2.04 bits per heavy atom. The number of esters is 2. The Morgan fingerprint density at radius 3 is 2.75 bits per heavy atom. The summed E-state index contributed by atoms with van der Waals surface area (Å²) >= 11 is 0. The maximum absolute atomic E-state index is 12.5. The van der Waals surface area contributed by atoms with Crippen LogP contribution < -0.4 is 0 Å². The van der Waals surface area contributed by atoms with E-state index in [0.717, 1.165) is 44.9 Å². The number of allylic oxidation sites excluding steroid dienone is 2. The summed E-state index contributed by atoms with van der Waals surface area (Å²) in [5.74, 6) is -0.578. The fourth-order valence-electron chi connectivity index (χ4n) is 4.64. The summed E-state index contributed by atoms with van der Waals surface area (Å²) < 4.78 is 17.4. The van der Waals surface area contributed by atoms with E-state index in [2.05, 4.69) is 33.4 Å². The molecule has 156 valence electrons. The van der Waals surface area contributed by atoms with Gasteiger partial charge in [-0.15, -0.1) is 0 Å². The van der Waals surface area contributed by atoms with Crippen molar-refractivity contribution in [1.82, 2.24) is 0 Å². The third-order valence-corrected chi connectivity index (χ3v) is 6.91. The molecule has 0 saturated carbocycles. The van der Waals surface area contributed by atoms with Gasteiger partial charge in [0.25, 0.3) is 0 Å². The van der Waals surface area contributed by atoms with E-state index in [-0.39, 0.29) is 42.3 Å². The van der Waals surface area contributed by atoms with E-state index in [1.807, 2.05) is 0 Å². The number of fused-ring (bicyclic) bond motifs is 4. The van der Waals surface area contributed by atoms with Gasteiger partial charge in [0.05, 0.1) is 11.7 Å². The highest BCUT2D eigenvalue weighted by atomic mass is 16.6. The SMILES string of the molecule is C=C1C(=O)OCC2(C)CCC1CC1OC1(C)CC/C=C(\C)CCC2OC(C)=O. The Labute approximate surface area is 168 Å². The van der Waals surface area contributed by atoms with E-state index in [4.69, 9.17) is 14.2 Å². The standard InChI is InChI=1S/C23H34O5/c1-15-7-6-11-23(5)20(28-23)13-18-10-12-22(4,14-26-21(25)16(18)2)19(9-8-15)27-17(3)24/h7,18-20H,2,6,8-14H2,1,3-5H3/b15-7+. The molecular weight excluding hydrogens is 356 g/mol. The Balaban J connectivity index is 1.89. The monoisotopic (exact) mass is 390 g/mol. The molecule has 5 atom stereocenters. The van der Waals surface area contributed by atoms with E-state index in [9.17, 15) is 9.59 Å². The number of ether oxygens (including phenoxy) is 3.